The standard InChI is InChI=1S/C26H22Cl2N6O4.C19H17Cl2N5O5S.C8H9NO/c1-2-38-21(35)11-30-26(36)34-24-18(22-19(27)4-3-5-20(22)28)9-15-10-29-25(33-23(15)32-24)31-17-7-6-14-12-37-13-16(14)8-17;1-3-31-14(27)9-22-18(28)25-17-11(15-12(20)5-4-6-13(15)21)7-10-8-23-19(32(2,29)30)26-16(10)24-17;9-8-2-1-6-4-10-5-7(6)3-8/h3-10H,2,11-13H2,1H3,(H3,29,30,31,32,33,34,36);4-8H,3,9H2,1-2H3,(H2,22,23,24,25,26,28);1-3H,4-5,9H2. The number of rotatable bonds is 13. The molecule has 0 fully saturated rings. The van der Waals surface area contributed by atoms with E-state index in [2.05, 4.69) is 56.5 Å². The molecule has 2 aliphatic rings. The summed E-state index contributed by atoms with van der Waals surface area (Å²) in [6.45, 7) is 5.66. The first kappa shape index (κ1) is 58.1. The molecule has 0 radical (unpaired) electrons. The van der Waals surface area contributed by atoms with Gasteiger partial charge in [0.25, 0.3) is 0 Å². The van der Waals surface area contributed by atoms with Crippen molar-refractivity contribution in [3.63, 3.8) is 0 Å². The van der Waals surface area contributed by atoms with Gasteiger partial charge in [0.2, 0.25) is 20.9 Å². The number of halogens is 4. The van der Waals surface area contributed by atoms with Gasteiger partial charge in [0.05, 0.1) is 59.7 Å². The van der Waals surface area contributed by atoms with E-state index >= 15 is 0 Å². The number of anilines is 5. The zero-order valence-corrected chi connectivity index (χ0v) is 46.5. The summed E-state index contributed by atoms with van der Waals surface area (Å²) in [4.78, 5) is 73.8. The summed E-state index contributed by atoms with van der Waals surface area (Å²) in [5.74, 6) is -0.718. The molecule has 414 valence electrons. The molecule has 22 nitrogen and oxygen atoms in total. The van der Waals surface area contributed by atoms with Crippen LogP contribution in [-0.2, 0) is 64.8 Å². The van der Waals surface area contributed by atoms with Gasteiger partial charge in [-0.15, -0.1) is 0 Å². The van der Waals surface area contributed by atoms with Crippen LogP contribution in [0.25, 0.3) is 44.3 Å². The fourth-order valence-electron chi connectivity index (χ4n) is 7.84. The van der Waals surface area contributed by atoms with E-state index in [4.69, 9.17) is 71.1 Å². The molecular formula is C53H48Cl4N12O10S. The molecule has 0 unspecified atom stereocenters. The minimum atomic E-state index is -3.69. The average molecular weight is 1190 g/mol. The highest BCUT2D eigenvalue weighted by atomic mass is 35.5. The molecule has 6 heterocycles. The molecule has 0 saturated carbocycles. The Hall–Kier alpha value is -8.03. The number of fused-ring (bicyclic) bond motifs is 4. The first-order valence-electron chi connectivity index (χ1n) is 24.1. The molecule has 80 heavy (non-hydrogen) atoms. The van der Waals surface area contributed by atoms with Crippen LogP contribution in [0.3, 0.4) is 0 Å². The van der Waals surface area contributed by atoms with Crippen LogP contribution in [-0.4, -0.2) is 94.9 Å². The fourth-order valence-corrected chi connectivity index (χ4v) is 9.53. The van der Waals surface area contributed by atoms with Gasteiger partial charge >= 0.3 is 24.0 Å². The van der Waals surface area contributed by atoms with Gasteiger partial charge in [-0.05, 0) is 96.8 Å². The molecule has 8 aromatic rings. The van der Waals surface area contributed by atoms with Crippen molar-refractivity contribution in [1.29, 1.82) is 0 Å². The Kier molecular flexibility index (Phi) is 19.1. The van der Waals surface area contributed by atoms with Crippen LogP contribution in [0.5, 0.6) is 0 Å². The second-order valence-electron chi connectivity index (χ2n) is 17.3. The Morgan fingerprint density at radius 2 is 1.06 bits per heavy atom. The maximum Gasteiger partial charge on any atom is 0.325 e. The molecule has 0 spiro atoms. The zero-order valence-electron chi connectivity index (χ0n) is 42.7. The number of nitrogens with one attached hydrogen (secondary N) is 5. The third-order valence-electron chi connectivity index (χ3n) is 11.5. The quantitative estimate of drug-likeness (QED) is 0.0355. The molecule has 2 aliphatic heterocycles. The van der Waals surface area contributed by atoms with Crippen molar-refractivity contribution in [1.82, 2.24) is 40.5 Å². The number of nitrogen functional groups attached to an aromatic ring is 1. The predicted molar refractivity (Wildman–Crippen MR) is 304 cm³/mol. The molecule has 0 saturated heterocycles. The van der Waals surface area contributed by atoms with Crippen LogP contribution in [0.2, 0.25) is 20.1 Å². The number of ether oxygens (including phenoxy) is 4. The summed E-state index contributed by atoms with van der Waals surface area (Å²) in [6, 6.07) is 23.7. The average Bonchev–Trinajstić information content (AvgIpc) is 4.11. The zero-order chi connectivity index (χ0) is 57.1. The van der Waals surface area contributed by atoms with E-state index in [0.717, 1.165) is 42.0 Å². The van der Waals surface area contributed by atoms with Crippen LogP contribution in [0.4, 0.5) is 38.5 Å². The number of nitrogens with zero attached hydrogens (tertiary/aromatic N) is 6. The number of esters is 2. The summed E-state index contributed by atoms with van der Waals surface area (Å²) >= 11 is 25.6. The lowest BCUT2D eigenvalue weighted by molar-refractivity contribution is -0.142. The van der Waals surface area contributed by atoms with Crippen LogP contribution in [0.1, 0.15) is 36.1 Å². The number of amides is 4. The van der Waals surface area contributed by atoms with Crippen molar-refractivity contribution in [3.8, 4) is 22.3 Å². The molecule has 4 aromatic heterocycles. The van der Waals surface area contributed by atoms with Crippen LogP contribution >= 0.6 is 46.4 Å². The number of aromatic nitrogens is 6. The van der Waals surface area contributed by atoms with E-state index in [1.165, 1.54) is 17.3 Å². The summed E-state index contributed by atoms with van der Waals surface area (Å²) in [5, 5.41) is 15.1. The number of hydrogen-bond donors (Lipinski definition) is 6. The molecule has 4 amide bonds. The molecule has 7 N–H and O–H groups in total. The topological polar surface area (TPSA) is 303 Å². The first-order valence-corrected chi connectivity index (χ1v) is 27.5. The van der Waals surface area contributed by atoms with Crippen molar-refractivity contribution < 1.29 is 46.5 Å². The minimum Gasteiger partial charge on any atom is -0.465 e. The molecule has 0 bridgehead atoms. The van der Waals surface area contributed by atoms with Gasteiger partial charge in [0.15, 0.2) is 11.3 Å². The van der Waals surface area contributed by atoms with E-state index in [9.17, 15) is 27.6 Å². The lowest BCUT2D eigenvalue weighted by Gasteiger charge is -2.15. The van der Waals surface area contributed by atoms with E-state index < -0.39 is 39.0 Å². The van der Waals surface area contributed by atoms with Crippen molar-refractivity contribution in [3.05, 3.63) is 140 Å². The molecule has 10 rings (SSSR count). The fraction of sp³-hybridized carbons (Fsp3) is 0.208. The first-order chi connectivity index (χ1) is 38.4. The molecule has 0 atom stereocenters. The van der Waals surface area contributed by atoms with Gasteiger partial charge in [-0.1, -0.05) is 70.7 Å². The number of pyridine rings is 2. The second-order valence-corrected chi connectivity index (χ2v) is 20.8. The highest BCUT2D eigenvalue weighted by Crippen LogP contribution is 2.41. The molecule has 0 aliphatic carbocycles. The molecule has 4 aromatic carbocycles. The van der Waals surface area contributed by atoms with E-state index in [1.54, 1.807) is 68.6 Å². The summed E-state index contributed by atoms with van der Waals surface area (Å²) < 4.78 is 43.9. The maximum atomic E-state index is 12.6. The SMILES string of the molecule is CCOC(=O)CNC(=O)Nc1nc2nc(Nc3ccc4c(c3)COC4)ncc2cc1-c1c(Cl)cccc1Cl.CCOC(=O)CNC(=O)Nc1nc2nc(S(C)(=O)=O)ncc2cc1-c1c(Cl)cccc1Cl.Nc1ccc2c(c1)COC2. The van der Waals surface area contributed by atoms with Crippen molar-refractivity contribution in [2.45, 2.75) is 45.4 Å². The Bertz CT molecular complexity index is 3770. The normalized spacial score (nSPS) is 12.2. The summed E-state index contributed by atoms with van der Waals surface area (Å²) in [6.07, 6.45) is 3.88. The Labute approximate surface area is 477 Å². The van der Waals surface area contributed by atoms with E-state index in [1.807, 2.05) is 36.4 Å². The van der Waals surface area contributed by atoms with Gasteiger partial charge in [-0.3, -0.25) is 20.2 Å². The van der Waals surface area contributed by atoms with Gasteiger partial charge in [-0.2, -0.15) is 9.97 Å². The Morgan fingerprint density at radius 1 is 0.600 bits per heavy atom. The summed E-state index contributed by atoms with van der Waals surface area (Å²) in [5.41, 5.74) is 14.0. The maximum absolute atomic E-state index is 12.6. The number of nitrogens with two attached hydrogens (primary N) is 1. The summed E-state index contributed by atoms with van der Waals surface area (Å²) in [7, 11) is -3.69. The third kappa shape index (κ3) is 14.8. The lowest BCUT2D eigenvalue weighted by atomic mass is 10.0. The number of carbonyl (C=O) groups is 4. The smallest absolute Gasteiger partial charge is 0.325 e. The van der Waals surface area contributed by atoms with Crippen LogP contribution in [0.15, 0.2) is 102 Å². The Morgan fingerprint density at radius 3 is 1.56 bits per heavy atom. The highest BCUT2D eigenvalue weighted by molar-refractivity contribution is 7.90. The van der Waals surface area contributed by atoms with Crippen molar-refractivity contribution in [2.24, 2.45) is 0 Å². The van der Waals surface area contributed by atoms with E-state index in [-0.39, 0.29) is 43.6 Å². The second kappa shape index (κ2) is 26.3. The predicted octanol–water partition coefficient (Wildman–Crippen LogP) is 9.84. The minimum absolute atomic E-state index is 0.00740. The van der Waals surface area contributed by atoms with Crippen molar-refractivity contribution in [2.75, 3.05) is 54.2 Å². The molecular weight excluding hydrogens is 1140 g/mol. The molecule has 27 heteroatoms. The van der Waals surface area contributed by atoms with Crippen LogP contribution in [0, 0.1) is 0 Å². The Balaban J connectivity index is 0.000000180. The van der Waals surface area contributed by atoms with Gasteiger partial charge in [0, 0.05) is 63.1 Å². The largest absolute Gasteiger partial charge is 0.465 e. The number of sulfone groups is 1. The van der Waals surface area contributed by atoms with Gasteiger partial charge in [0.1, 0.15) is 24.7 Å². The number of benzene rings is 4. The van der Waals surface area contributed by atoms with Gasteiger partial charge in [-0.25, -0.2) is 37.9 Å². The van der Waals surface area contributed by atoms with Crippen LogP contribution < -0.4 is 32.3 Å². The number of urea groups is 2. The van der Waals surface area contributed by atoms with E-state index in [0.29, 0.717) is 77.9 Å². The number of hydrogen-bond acceptors (Lipinski definition) is 18. The number of carbonyl (C=O) groups excluding carboxylic acids is 4. The lowest BCUT2D eigenvalue weighted by Crippen LogP contribution is -2.34. The monoisotopic (exact) mass is 1180 g/mol. The third-order valence-corrected chi connectivity index (χ3v) is 13.6. The highest BCUT2D eigenvalue weighted by Gasteiger charge is 2.22. The van der Waals surface area contributed by atoms with Gasteiger partial charge < -0.3 is 40.6 Å². The van der Waals surface area contributed by atoms with Crippen molar-refractivity contribution >= 4 is 131 Å².